The Morgan fingerprint density at radius 2 is 2.17 bits per heavy atom. The zero-order chi connectivity index (χ0) is 16.9. The average Bonchev–Trinajstić information content (AvgIpc) is 3.02. The van der Waals surface area contributed by atoms with E-state index in [9.17, 15) is 0 Å². The van der Waals surface area contributed by atoms with E-state index >= 15 is 0 Å². The number of nitrogens with one attached hydrogen (secondary N) is 1. The topological polar surface area (TPSA) is 40.5 Å². The molecule has 0 bridgehead atoms. The number of aromatic nitrogens is 1. The van der Waals surface area contributed by atoms with Crippen molar-refractivity contribution < 1.29 is 0 Å². The van der Waals surface area contributed by atoms with Gasteiger partial charge in [-0.05, 0) is 30.7 Å². The Labute approximate surface area is 148 Å². The quantitative estimate of drug-likeness (QED) is 0.684. The van der Waals surface area contributed by atoms with Crippen LogP contribution in [0.3, 0.4) is 0 Å². The number of benzene rings is 1. The van der Waals surface area contributed by atoms with E-state index in [-0.39, 0.29) is 0 Å². The maximum Gasteiger partial charge on any atom is 0.194 e. The molecule has 2 aromatic rings. The summed E-state index contributed by atoms with van der Waals surface area (Å²) in [4.78, 5) is 12.5. The van der Waals surface area contributed by atoms with Gasteiger partial charge in [0, 0.05) is 31.2 Å². The largest absolute Gasteiger partial charge is 0.350 e. The third kappa shape index (κ3) is 3.96. The van der Waals surface area contributed by atoms with Gasteiger partial charge in [-0.25, -0.2) is 4.98 Å². The normalized spacial score (nSPS) is 21.8. The molecule has 2 atom stereocenters. The van der Waals surface area contributed by atoms with Crippen LogP contribution in [0.25, 0.3) is 0 Å². The second-order valence-corrected chi connectivity index (χ2v) is 7.81. The molecule has 1 aromatic heterocycles. The summed E-state index contributed by atoms with van der Waals surface area (Å²) in [6.07, 6.45) is 3.10. The minimum absolute atomic E-state index is 0.613. The van der Waals surface area contributed by atoms with Crippen molar-refractivity contribution in [1.82, 2.24) is 15.2 Å². The standard InChI is InChI=1S/C19H26N4S/c1-14-13-23(10-9-17(14)16-7-5-4-6-8-16)19(20-3)22-12-18-21-11-15(2)24-18/h4-8,11,14,17H,9-10,12-13H2,1-3H3,(H,20,22). The number of hydrogen-bond donors (Lipinski definition) is 1. The van der Waals surface area contributed by atoms with Gasteiger partial charge in [-0.15, -0.1) is 11.3 Å². The summed E-state index contributed by atoms with van der Waals surface area (Å²) in [5, 5.41) is 4.58. The van der Waals surface area contributed by atoms with Crippen molar-refractivity contribution in [2.24, 2.45) is 10.9 Å². The summed E-state index contributed by atoms with van der Waals surface area (Å²) in [5.74, 6) is 2.24. The Bertz CT molecular complexity index is 680. The minimum atomic E-state index is 0.613. The molecule has 24 heavy (non-hydrogen) atoms. The Morgan fingerprint density at radius 1 is 1.38 bits per heavy atom. The fourth-order valence-electron chi connectivity index (χ4n) is 3.50. The lowest BCUT2D eigenvalue weighted by molar-refractivity contribution is 0.234. The Balaban J connectivity index is 1.59. The first-order valence-electron chi connectivity index (χ1n) is 8.59. The van der Waals surface area contributed by atoms with Crippen molar-refractivity contribution in [3.63, 3.8) is 0 Å². The lowest BCUT2D eigenvalue weighted by atomic mass is 9.82. The molecule has 2 heterocycles. The SMILES string of the molecule is CN=C(NCc1ncc(C)s1)N1CCC(c2ccccc2)C(C)C1. The molecule has 0 amide bonds. The van der Waals surface area contributed by atoms with E-state index in [2.05, 4.69) is 64.4 Å². The smallest absolute Gasteiger partial charge is 0.194 e. The van der Waals surface area contributed by atoms with Gasteiger partial charge in [0.25, 0.3) is 0 Å². The molecule has 3 rings (SSSR count). The minimum Gasteiger partial charge on any atom is -0.350 e. The Hall–Kier alpha value is -1.88. The number of aryl methyl sites for hydroxylation is 1. The molecule has 0 saturated carbocycles. The highest BCUT2D eigenvalue weighted by Crippen LogP contribution is 2.32. The van der Waals surface area contributed by atoms with Gasteiger partial charge in [0.1, 0.15) is 5.01 Å². The van der Waals surface area contributed by atoms with Crippen molar-refractivity contribution >= 4 is 17.3 Å². The molecular formula is C19H26N4S. The molecule has 0 aliphatic carbocycles. The molecular weight excluding hydrogens is 316 g/mol. The van der Waals surface area contributed by atoms with Crippen LogP contribution < -0.4 is 5.32 Å². The summed E-state index contributed by atoms with van der Waals surface area (Å²) in [6, 6.07) is 10.9. The first kappa shape index (κ1) is 17.0. The number of aliphatic imine (C=N–C) groups is 1. The molecule has 128 valence electrons. The van der Waals surface area contributed by atoms with Crippen LogP contribution >= 0.6 is 11.3 Å². The number of nitrogens with zero attached hydrogens (tertiary/aromatic N) is 3. The number of likely N-dealkylation sites (tertiary alicyclic amines) is 1. The third-order valence-corrected chi connectivity index (χ3v) is 5.62. The second-order valence-electron chi connectivity index (χ2n) is 6.49. The third-order valence-electron chi connectivity index (χ3n) is 4.71. The van der Waals surface area contributed by atoms with Gasteiger partial charge in [-0.2, -0.15) is 0 Å². The lowest BCUT2D eigenvalue weighted by Crippen LogP contribution is -2.47. The maximum absolute atomic E-state index is 4.47. The summed E-state index contributed by atoms with van der Waals surface area (Å²) >= 11 is 1.74. The highest BCUT2D eigenvalue weighted by molar-refractivity contribution is 7.11. The van der Waals surface area contributed by atoms with Gasteiger partial charge in [0.05, 0.1) is 6.54 Å². The van der Waals surface area contributed by atoms with Crippen molar-refractivity contribution in [2.45, 2.75) is 32.7 Å². The van der Waals surface area contributed by atoms with E-state index in [1.54, 1.807) is 11.3 Å². The summed E-state index contributed by atoms with van der Waals surface area (Å²) in [6.45, 7) is 7.27. The molecule has 1 aromatic carbocycles. The number of thiazole rings is 1. The first-order chi connectivity index (χ1) is 11.7. The predicted molar refractivity (Wildman–Crippen MR) is 102 cm³/mol. The summed E-state index contributed by atoms with van der Waals surface area (Å²) < 4.78 is 0. The fraction of sp³-hybridized carbons (Fsp3) is 0.474. The van der Waals surface area contributed by atoms with E-state index < -0.39 is 0 Å². The molecule has 0 spiro atoms. The van der Waals surface area contributed by atoms with Gasteiger partial charge in [0.2, 0.25) is 0 Å². The van der Waals surface area contributed by atoms with Crippen LogP contribution in [0.15, 0.2) is 41.5 Å². The van der Waals surface area contributed by atoms with Gasteiger partial charge in [-0.1, -0.05) is 37.3 Å². The van der Waals surface area contributed by atoms with Crippen LogP contribution in [0, 0.1) is 12.8 Å². The van der Waals surface area contributed by atoms with Gasteiger partial charge < -0.3 is 10.2 Å². The highest BCUT2D eigenvalue weighted by atomic mass is 32.1. The molecule has 5 heteroatoms. The molecule has 1 N–H and O–H groups in total. The number of hydrogen-bond acceptors (Lipinski definition) is 3. The van der Waals surface area contributed by atoms with E-state index in [0.29, 0.717) is 11.8 Å². The Kier molecular flexibility index (Phi) is 5.51. The van der Waals surface area contributed by atoms with E-state index in [1.807, 2.05) is 13.2 Å². The van der Waals surface area contributed by atoms with Crippen LogP contribution in [0.2, 0.25) is 0 Å². The summed E-state index contributed by atoms with van der Waals surface area (Å²) in [7, 11) is 1.86. The maximum atomic E-state index is 4.47. The predicted octanol–water partition coefficient (Wildman–Crippen LogP) is 3.65. The van der Waals surface area contributed by atoms with Crippen molar-refractivity contribution in [3.05, 3.63) is 52.0 Å². The van der Waals surface area contributed by atoms with Crippen LogP contribution in [0.1, 0.15) is 34.7 Å². The van der Waals surface area contributed by atoms with Crippen molar-refractivity contribution in [1.29, 1.82) is 0 Å². The molecule has 4 nitrogen and oxygen atoms in total. The van der Waals surface area contributed by atoms with E-state index in [1.165, 1.54) is 16.9 Å². The molecule has 1 saturated heterocycles. The first-order valence-corrected chi connectivity index (χ1v) is 9.41. The van der Waals surface area contributed by atoms with Crippen molar-refractivity contribution in [2.75, 3.05) is 20.1 Å². The number of piperidine rings is 1. The number of rotatable bonds is 3. The monoisotopic (exact) mass is 342 g/mol. The Morgan fingerprint density at radius 3 is 2.79 bits per heavy atom. The summed E-state index contributed by atoms with van der Waals surface area (Å²) in [5.41, 5.74) is 1.46. The molecule has 1 aliphatic rings. The van der Waals surface area contributed by atoms with Gasteiger partial charge >= 0.3 is 0 Å². The fourth-order valence-corrected chi connectivity index (χ4v) is 4.23. The van der Waals surface area contributed by atoms with Gasteiger partial charge in [-0.3, -0.25) is 4.99 Å². The van der Waals surface area contributed by atoms with E-state index in [4.69, 9.17) is 0 Å². The van der Waals surface area contributed by atoms with Crippen LogP contribution in [0.5, 0.6) is 0 Å². The van der Waals surface area contributed by atoms with Crippen molar-refractivity contribution in [3.8, 4) is 0 Å². The molecule has 1 fully saturated rings. The second kappa shape index (κ2) is 7.79. The molecule has 0 radical (unpaired) electrons. The van der Waals surface area contributed by atoms with Crippen LogP contribution in [-0.4, -0.2) is 36.0 Å². The average molecular weight is 343 g/mol. The zero-order valence-corrected chi connectivity index (χ0v) is 15.5. The van der Waals surface area contributed by atoms with E-state index in [0.717, 1.165) is 30.6 Å². The van der Waals surface area contributed by atoms with Crippen LogP contribution in [-0.2, 0) is 6.54 Å². The molecule has 1 aliphatic heterocycles. The zero-order valence-electron chi connectivity index (χ0n) is 14.7. The highest BCUT2D eigenvalue weighted by Gasteiger charge is 2.28. The number of guanidine groups is 1. The van der Waals surface area contributed by atoms with Gasteiger partial charge in [0.15, 0.2) is 5.96 Å². The van der Waals surface area contributed by atoms with Crippen LogP contribution in [0.4, 0.5) is 0 Å². The molecule has 2 unspecified atom stereocenters. The lowest BCUT2D eigenvalue weighted by Gasteiger charge is -2.38.